The second kappa shape index (κ2) is 9.43. The zero-order valence-corrected chi connectivity index (χ0v) is 18.0. The zero-order chi connectivity index (χ0) is 17.8. The molecule has 6 nitrogen and oxygen atoms in total. The summed E-state index contributed by atoms with van der Waals surface area (Å²) < 4.78 is 18.0. The van der Waals surface area contributed by atoms with Gasteiger partial charge in [-0.05, 0) is 18.9 Å². The van der Waals surface area contributed by atoms with E-state index < -0.39 is 0 Å². The van der Waals surface area contributed by atoms with E-state index in [0.717, 1.165) is 30.6 Å². The van der Waals surface area contributed by atoms with Crippen molar-refractivity contribution < 1.29 is 14.2 Å². The van der Waals surface area contributed by atoms with E-state index in [9.17, 15) is 0 Å². The number of halogens is 1. The summed E-state index contributed by atoms with van der Waals surface area (Å²) in [5, 5.41) is 3.33. The van der Waals surface area contributed by atoms with E-state index in [1.54, 1.807) is 0 Å². The summed E-state index contributed by atoms with van der Waals surface area (Å²) in [6, 6.07) is 8.21. The highest BCUT2D eigenvalue weighted by molar-refractivity contribution is 14.0. The van der Waals surface area contributed by atoms with Gasteiger partial charge in [0.15, 0.2) is 11.7 Å². The molecule has 7 heteroatoms. The number of aliphatic imine (C=N–C) groups is 1. The van der Waals surface area contributed by atoms with Gasteiger partial charge >= 0.3 is 0 Å². The number of ether oxygens (including phenoxy) is 3. The molecule has 1 aliphatic carbocycles. The predicted molar refractivity (Wildman–Crippen MR) is 116 cm³/mol. The number of hydrogen-bond donors (Lipinski definition) is 2. The summed E-state index contributed by atoms with van der Waals surface area (Å²) in [7, 11) is 0. The third-order valence-corrected chi connectivity index (χ3v) is 5.52. The van der Waals surface area contributed by atoms with Crippen molar-refractivity contribution in [3.8, 4) is 5.75 Å². The maximum absolute atomic E-state index is 6.23. The van der Waals surface area contributed by atoms with Gasteiger partial charge in [-0.3, -0.25) is 4.99 Å². The number of guanidine groups is 1. The third-order valence-electron chi connectivity index (χ3n) is 5.52. The average molecular weight is 487 g/mol. The van der Waals surface area contributed by atoms with Crippen molar-refractivity contribution >= 4 is 29.9 Å². The normalized spacial score (nSPS) is 27.2. The van der Waals surface area contributed by atoms with Gasteiger partial charge in [-0.2, -0.15) is 0 Å². The fraction of sp³-hybridized carbons (Fsp3) is 0.650. The summed E-state index contributed by atoms with van der Waals surface area (Å²) in [6.45, 7) is 1.83. The van der Waals surface area contributed by atoms with E-state index >= 15 is 0 Å². The van der Waals surface area contributed by atoms with Crippen LogP contribution in [-0.4, -0.2) is 37.6 Å². The summed E-state index contributed by atoms with van der Waals surface area (Å²) in [4.78, 5) is 4.51. The molecule has 3 N–H and O–H groups in total. The molecule has 0 radical (unpaired) electrons. The van der Waals surface area contributed by atoms with Crippen LogP contribution >= 0.6 is 24.0 Å². The number of nitrogens with zero attached hydrogens (tertiary/aromatic N) is 1. The third kappa shape index (κ3) is 5.06. The largest absolute Gasteiger partial charge is 0.493 e. The van der Waals surface area contributed by atoms with E-state index in [0.29, 0.717) is 25.7 Å². The zero-order valence-electron chi connectivity index (χ0n) is 15.7. The van der Waals surface area contributed by atoms with E-state index in [1.165, 1.54) is 25.7 Å². The Balaban J connectivity index is 0.00000210. The first kappa shape index (κ1) is 20.7. The molecule has 150 valence electrons. The molecule has 2 fully saturated rings. The predicted octanol–water partition coefficient (Wildman–Crippen LogP) is 3.50. The monoisotopic (exact) mass is 487 g/mol. The molecule has 1 aromatic rings. The van der Waals surface area contributed by atoms with Gasteiger partial charge in [-0.25, -0.2) is 0 Å². The first-order valence-electron chi connectivity index (χ1n) is 9.84. The van der Waals surface area contributed by atoms with Gasteiger partial charge in [0.05, 0.1) is 25.8 Å². The highest BCUT2D eigenvalue weighted by Gasteiger charge is 2.41. The molecule has 2 unspecified atom stereocenters. The topological polar surface area (TPSA) is 78.1 Å². The Morgan fingerprint density at radius 3 is 2.78 bits per heavy atom. The lowest BCUT2D eigenvalue weighted by Gasteiger charge is -2.27. The maximum Gasteiger partial charge on any atom is 0.189 e. The van der Waals surface area contributed by atoms with Gasteiger partial charge in [0.25, 0.3) is 0 Å². The van der Waals surface area contributed by atoms with Gasteiger partial charge in [-0.15, -0.1) is 24.0 Å². The highest BCUT2D eigenvalue weighted by Crippen LogP contribution is 2.37. The number of para-hydroxylation sites is 1. The number of benzene rings is 1. The van der Waals surface area contributed by atoms with Gasteiger partial charge in [0, 0.05) is 24.8 Å². The summed E-state index contributed by atoms with van der Waals surface area (Å²) >= 11 is 0. The Kier molecular flexibility index (Phi) is 7.22. The Morgan fingerprint density at radius 1 is 1.19 bits per heavy atom. The minimum atomic E-state index is -0.363. The first-order valence-corrected chi connectivity index (χ1v) is 9.84. The quantitative estimate of drug-likeness (QED) is 0.388. The molecule has 0 aromatic heterocycles. The van der Waals surface area contributed by atoms with Crippen molar-refractivity contribution in [2.75, 3.05) is 19.8 Å². The molecule has 27 heavy (non-hydrogen) atoms. The van der Waals surface area contributed by atoms with Crippen molar-refractivity contribution in [1.29, 1.82) is 0 Å². The summed E-state index contributed by atoms with van der Waals surface area (Å²) in [6.07, 6.45) is 7.79. The van der Waals surface area contributed by atoms with Crippen LogP contribution in [0.2, 0.25) is 0 Å². The number of rotatable bonds is 3. The lowest BCUT2D eigenvalue weighted by Crippen LogP contribution is -2.38. The average Bonchev–Trinajstić information content (AvgIpc) is 2.91. The Morgan fingerprint density at radius 2 is 1.96 bits per heavy atom. The SMILES string of the molecule is I.NC(=NCC1COC2(CCCCCC2)O1)NC1CCOc2ccccc21. The van der Waals surface area contributed by atoms with Crippen molar-refractivity contribution in [2.24, 2.45) is 10.7 Å². The highest BCUT2D eigenvalue weighted by atomic mass is 127. The summed E-state index contributed by atoms with van der Waals surface area (Å²) in [5.74, 6) is 1.02. The van der Waals surface area contributed by atoms with Crippen LogP contribution in [0.1, 0.15) is 56.6 Å². The molecule has 0 amide bonds. The van der Waals surface area contributed by atoms with Crippen LogP contribution in [0.3, 0.4) is 0 Å². The number of nitrogens with two attached hydrogens (primary N) is 1. The molecule has 0 bridgehead atoms. The second-order valence-electron chi connectivity index (χ2n) is 7.47. The molecule has 4 rings (SSSR count). The van der Waals surface area contributed by atoms with Crippen molar-refractivity contribution in [1.82, 2.24) is 5.32 Å². The van der Waals surface area contributed by atoms with Crippen LogP contribution in [0.5, 0.6) is 5.75 Å². The fourth-order valence-corrected chi connectivity index (χ4v) is 4.15. The van der Waals surface area contributed by atoms with Crippen LogP contribution < -0.4 is 15.8 Å². The van der Waals surface area contributed by atoms with Gasteiger partial charge in [-0.1, -0.05) is 31.0 Å². The fourth-order valence-electron chi connectivity index (χ4n) is 4.15. The van der Waals surface area contributed by atoms with E-state index in [4.69, 9.17) is 19.9 Å². The lowest BCUT2D eigenvalue weighted by atomic mass is 10.0. The van der Waals surface area contributed by atoms with Gasteiger partial charge < -0.3 is 25.3 Å². The van der Waals surface area contributed by atoms with Crippen molar-refractivity contribution in [2.45, 2.75) is 62.9 Å². The second-order valence-corrected chi connectivity index (χ2v) is 7.47. The van der Waals surface area contributed by atoms with Crippen molar-refractivity contribution in [3.05, 3.63) is 29.8 Å². The Hall–Kier alpha value is -1.06. The summed E-state index contributed by atoms with van der Waals surface area (Å²) in [5.41, 5.74) is 7.27. The molecule has 1 spiro atoms. The lowest BCUT2D eigenvalue weighted by molar-refractivity contribution is -0.174. The van der Waals surface area contributed by atoms with Crippen LogP contribution in [-0.2, 0) is 9.47 Å². The molecule has 1 saturated heterocycles. The van der Waals surface area contributed by atoms with Crippen molar-refractivity contribution in [3.63, 3.8) is 0 Å². The molecular weight excluding hydrogens is 457 g/mol. The van der Waals surface area contributed by atoms with Crippen LogP contribution in [0, 0.1) is 0 Å². The minimum Gasteiger partial charge on any atom is -0.493 e. The molecule has 2 aliphatic heterocycles. The smallest absolute Gasteiger partial charge is 0.189 e. The van der Waals surface area contributed by atoms with Crippen LogP contribution in [0.25, 0.3) is 0 Å². The first-order chi connectivity index (χ1) is 12.7. The molecular formula is C20H30IN3O3. The van der Waals surface area contributed by atoms with Gasteiger partial charge in [0.1, 0.15) is 11.9 Å². The minimum absolute atomic E-state index is 0. The standard InChI is InChI=1S/C20H29N3O3.HI/c21-19(23-17-9-12-24-18-8-4-3-7-16(17)18)22-13-15-14-25-20(26-15)10-5-1-2-6-11-20;/h3-4,7-8,15,17H,1-2,5-6,9-14H2,(H3,21,22,23);1H. The number of nitrogens with one attached hydrogen (secondary N) is 1. The molecule has 1 saturated carbocycles. The molecule has 1 aromatic carbocycles. The molecule has 2 heterocycles. The molecule has 2 atom stereocenters. The van der Waals surface area contributed by atoms with Crippen LogP contribution in [0.15, 0.2) is 29.3 Å². The Bertz CT molecular complexity index is 647. The maximum atomic E-state index is 6.23. The van der Waals surface area contributed by atoms with E-state index in [2.05, 4.69) is 16.4 Å². The number of hydrogen-bond acceptors (Lipinski definition) is 4. The number of fused-ring (bicyclic) bond motifs is 1. The Labute approximate surface area is 178 Å². The van der Waals surface area contributed by atoms with Gasteiger partial charge in [0.2, 0.25) is 0 Å². The van der Waals surface area contributed by atoms with E-state index in [1.807, 2.05) is 18.2 Å². The molecule has 3 aliphatic rings. The van der Waals surface area contributed by atoms with Crippen LogP contribution in [0.4, 0.5) is 0 Å². The van der Waals surface area contributed by atoms with E-state index in [-0.39, 0.29) is 41.9 Å².